The van der Waals surface area contributed by atoms with Crippen molar-refractivity contribution in [2.45, 2.75) is 25.8 Å². The summed E-state index contributed by atoms with van der Waals surface area (Å²) in [6, 6.07) is 8.68. The van der Waals surface area contributed by atoms with Crippen LogP contribution < -0.4 is 5.32 Å². The van der Waals surface area contributed by atoms with Crippen LogP contribution >= 0.6 is 0 Å². The molecule has 1 aromatic heterocycles. The van der Waals surface area contributed by atoms with Gasteiger partial charge in [-0.05, 0) is 60.4 Å². The van der Waals surface area contributed by atoms with Crippen molar-refractivity contribution in [1.29, 1.82) is 0 Å². The van der Waals surface area contributed by atoms with Crippen LogP contribution in [0.1, 0.15) is 31.4 Å². The molecule has 5 nitrogen and oxygen atoms in total. The minimum atomic E-state index is 0.363. The van der Waals surface area contributed by atoms with Crippen LogP contribution in [0.5, 0.6) is 0 Å². The first-order valence-electron chi connectivity index (χ1n) is 6.39. The summed E-state index contributed by atoms with van der Waals surface area (Å²) in [6.45, 7) is 3.32. The molecule has 0 radical (unpaired) electrons. The monoisotopic (exact) mass is 243 g/mol. The Morgan fingerprint density at radius 1 is 1.44 bits per heavy atom. The van der Waals surface area contributed by atoms with Crippen LogP contribution in [0.25, 0.3) is 5.69 Å². The molecule has 94 valence electrons. The second kappa shape index (κ2) is 4.86. The van der Waals surface area contributed by atoms with Crippen molar-refractivity contribution < 1.29 is 0 Å². The van der Waals surface area contributed by atoms with Gasteiger partial charge in [-0.15, -0.1) is 5.10 Å². The molecule has 1 N–H and O–H groups in total. The number of rotatable bonds is 5. The van der Waals surface area contributed by atoms with E-state index in [1.165, 1.54) is 18.4 Å². The van der Waals surface area contributed by atoms with E-state index in [1.807, 2.05) is 12.1 Å². The van der Waals surface area contributed by atoms with Gasteiger partial charge in [0.2, 0.25) is 0 Å². The zero-order valence-electron chi connectivity index (χ0n) is 10.5. The van der Waals surface area contributed by atoms with Crippen LogP contribution in [0, 0.1) is 5.92 Å². The number of tetrazole rings is 1. The van der Waals surface area contributed by atoms with E-state index in [9.17, 15) is 0 Å². The molecule has 1 aromatic carbocycles. The lowest BCUT2D eigenvalue weighted by Crippen LogP contribution is -2.21. The summed E-state index contributed by atoms with van der Waals surface area (Å²) in [7, 11) is 0. The topological polar surface area (TPSA) is 55.6 Å². The lowest BCUT2D eigenvalue weighted by molar-refractivity contribution is 0.548. The Hall–Kier alpha value is -1.75. The van der Waals surface area contributed by atoms with Gasteiger partial charge in [0.15, 0.2) is 0 Å². The molecule has 5 heteroatoms. The third-order valence-electron chi connectivity index (χ3n) is 3.39. The van der Waals surface area contributed by atoms with E-state index in [2.05, 4.69) is 39.9 Å². The van der Waals surface area contributed by atoms with Crippen molar-refractivity contribution in [2.24, 2.45) is 5.92 Å². The van der Waals surface area contributed by atoms with Crippen molar-refractivity contribution in [2.75, 3.05) is 6.54 Å². The molecule has 1 saturated carbocycles. The van der Waals surface area contributed by atoms with Gasteiger partial charge in [-0.3, -0.25) is 0 Å². The van der Waals surface area contributed by atoms with Gasteiger partial charge < -0.3 is 5.32 Å². The molecule has 1 atom stereocenters. The standard InChI is InChI=1S/C13H17N5/c1-10(14-8-11-5-6-11)12-3-2-4-13(7-12)18-9-15-16-17-18/h2-4,7,9-11,14H,5-6,8H2,1H3. The molecule has 2 aromatic rings. The Balaban J connectivity index is 1.73. The second-order valence-electron chi connectivity index (χ2n) is 4.92. The highest BCUT2D eigenvalue weighted by Crippen LogP contribution is 2.28. The highest BCUT2D eigenvalue weighted by molar-refractivity contribution is 5.35. The van der Waals surface area contributed by atoms with Crippen molar-refractivity contribution in [3.05, 3.63) is 36.2 Å². The maximum absolute atomic E-state index is 3.91. The van der Waals surface area contributed by atoms with Crippen LogP contribution in [0.3, 0.4) is 0 Å². The van der Waals surface area contributed by atoms with E-state index >= 15 is 0 Å². The first kappa shape index (κ1) is 11.3. The first-order valence-corrected chi connectivity index (χ1v) is 6.39. The van der Waals surface area contributed by atoms with Crippen LogP contribution in [0.2, 0.25) is 0 Å². The van der Waals surface area contributed by atoms with Crippen LogP contribution in [-0.2, 0) is 0 Å². The Labute approximate surface area is 106 Å². The van der Waals surface area contributed by atoms with Crippen LogP contribution in [0.4, 0.5) is 0 Å². The highest BCUT2D eigenvalue weighted by Gasteiger charge is 2.21. The van der Waals surface area contributed by atoms with Crippen molar-refractivity contribution in [1.82, 2.24) is 25.5 Å². The molecule has 1 unspecified atom stereocenters. The number of hydrogen-bond donors (Lipinski definition) is 1. The zero-order chi connectivity index (χ0) is 12.4. The summed E-state index contributed by atoms with van der Waals surface area (Å²) in [5, 5.41) is 14.8. The third kappa shape index (κ3) is 2.56. The zero-order valence-corrected chi connectivity index (χ0v) is 10.5. The number of benzene rings is 1. The molecule has 0 bridgehead atoms. The van der Waals surface area contributed by atoms with Gasteiger partial charge in [-0.2, -0.15) is 0 Å². The van der Waals surface area contributed by atoms with Gasteiger partial charge in [-0.25, -0.2) is 4.68 Å². The fraction of sp³-hybridized carbons (Fsp3) is 0.462. The van der Waals surface area contributed by atoms with Crippen LogP contribution in [0.15, 0.2) is 30.6 Å². The molecular weight excluding hydrogens is 226 g/mol. The summed E-state index contributed by atoms with van der Waals surface area (Å²) >= 11 is 0. The smallest absolute Gasteiger partial charge is 0.143 e. The molecule has 0 aliphatic heterocycles. The predicted octanol–water partition coefficient (Wildman–Crippen LogP) is 1.72. The van der Waals surface area contributed by atoms with Gasteiger partial charge in [0.05, 0.1) is 5.69 Å². The number of aromatic nitrogens is 4. The maximum atomic E-state index is 3.91. The molecule has 0 amide bonds. The Bertz CT molecular complexity index is 504. The van der Waals surface area contributed by atoms with Gasteiger partial charge in [-0.1, -0.05) is 12.1 Å². The van der Waals surface area contributed by atoms with Gasteiger partial charge in [0.1, 0.15) is 6.33 Å². The fourth-order valence-electron chi connectivity index (χ4n) is 2.00. The van der Waals surface area contributed by atoms with Crippen molar-refractivity contribution >= 4 is 0 Å². The van der Waals surface area contributed by atoms with Crippen molar-refractivity contribution in [3.8, 4) is 5.69 Å². The first-order chi connectivity index (χ1) is 8.83. The largest absolute Gasteiger partial charge is 0.310 e. The number of hydrogen-bond acceptors (Lipinski definition) is 4. The molecule has 1 aliphatic carbocycles. The summed E-state index contributed by atoms with van der Waals surface area (Å²) in [5.74, 6) is 0.898. The lowest BCUT2D eigenvalue weighted by atomic mass is 10.1. The quantitative estimate of drug-likeness (QED) is 0.868. The minimum absolute atomic E-state index is 0.363. The van der Waals surface area contributed by atoms with Crippen LogP contribution in [-0.4, -0.2) is 26.8 Å². The number of nitrogens with one attached hydrogen (secondary N) is 1. The third-order valence-corrected chi connectivity index (χ3v) is 3.39. The average molecular weight is 243 g/mol. The summed E-state index contributed by atoms with van der Waals surface area (Å²) < 4.78 is 1.68. The second-order valence-corrected chi connectivity index (χ2v) is 4.92. The molecule has 0 saturated heterocycles. The van der Waals surface area contributed by atoms with E-state index in [0.717, 1.165) is 18.2 Å². The van der Waals surface area contributed by atoms with Gasteiger partial charge in [0, 0.05) is 6.04 Å². The number of nitrogens with zero attached hydrogens (tertiary/aromatic N) is 4. The van der Waals surface area contributed by atoms with E-state index in [1.54, 1.807) is 11.0 Å². The summed E-state index contributed by atoms with van der Waals surface area (Å²) in [5.41, 5.74) is 2.27. The molecular formula is C13H17N5. The Morgan fingerprint density at radius 2 is 2.33 bits per heavy atom. The molecule has 3 rings (SSSR count). The molecule has 18 heavy (non-hydrogen) atoms. The normalized spacial score (nSPS) is 16.7. The Morgan fingerprint density at radius 3 is 3.06 bits per heavy atom. The Kier molecular flexibility index (Phi) is 3.06. The van der Waals surface area contributed by atoms with E-state index in [0.29, 0.717) is 6.04 Å². The molecule has 1 aliphatic rings. The summed E-state index contributed by atoms with van der Waals surface area (Å²) in [4.78, 5) is 0. The van der Waals surface area contributed by atoms with E-state index in [4.69, 9.17) is 0 Å². The molecule has 1 fully saturated rings. The minimum Gasteiger partial charge on any atom is -0.310 e. The van der Waals surface area contributed by atoms with Gasteiger partial charge in [0.25, 0.3) is 0 Å². The van der Waals surface area contributed by atoms with Crippen molar-refractivity contribution in [3.63, 3.8) is 0 Å². The average Bonchev–Trinajstić information content (AvgIpc) is 3.08. The van der Waals surface area contributed by atoms with Gasteiger partial charge >= 0.3 is 0 Å². The van der Waals surface area contributed by atoms with E-state index < -0.39 is 0 Å². The SMILES string of the molecule is CC(NCC1CC1)c1cccc(-n2cnnn2)c1. The molecule has 1 heterocycles. The van der Waals surface area contributed by atoms with E-state index in [-0.39, 0.29) is 0 Å². The highest BCUT2D eigenvalue weighted by atomic mass is 15.5. The predicted molar refractivity (Wildman–Crippen MR) is 68.3 cm³/mol. The lowest BCUT2D eigenvalue weighted by Gasteiger charge is -2.14. The summed E-state index contributed by atoms with van der Waals surface area (Å²) in [6.07, 6.45) is 4.37. The molecule has 0 spiro atoms. The fourth-order valence-corrected chi connectivity index (χ4v) is 2.00. The maximum Gasteiger partial charge on any atom is 0.143 e.